The Balaban J connectivity index is 1.97. The lowest BCUT2D eigenvalue weighted by Gasteiger charge is -2.03. The van der Waals surface area contributed by atoms with Crippen molar-refractivity contribution in [2.45, 2.75) is 10.6 Å². The predicted molar refractivity (Wildman–Crippen MR) is 81.4 cm³/mol. The number of nitrogen functional groups attached to an aromatic ring is 1. The van der Waals surface area contributed by atoms with Gasteiger partial charge in [-0.15, -0.1) is 11.3 Å². The topological polar surface area (TPSA) is 73.1 Å². The van der Waals surface area contributed by atoms with Gasteiger partial charge < -0.3 is 5.73 Å². The molecule has 0 atom stereocenters. The molecule has 0 aliphatic carbocycles. The number of hydrogen-bond acceptors (Lipinski definition) is 5. The molecule has 1 aromatic heterocycles. The van der Waals surface area contributed by atoms with Gasteiger partial charge in [0.15, 0.2) is 9.84 Å². The van der Waals surface area contributed by atoms with E-state index in [9.17, 15) is 8.42 Å². The Kier molecular flexibility index (Phi) is 3.19. The molecule has 0 bridgehead atoms. The van der Waals surface area contributed by atoms with E-state index in [0.29, 0.717) is 10.7 Å². The molecule has 102 valence electrons. The van der Waals surface area contributed by atoms with Crippen LogP contribution in [0.5, 0.6) is 0 Å². The Morgan fingerprint density at radius 1 is 1.10 bits per heavy atom. The average molecular weight is 304 g/mol. The molecule has 4 nitrogen and oxygen atoms in total. The van der Waals surface area contributed by atoms with Crippen LogP contribution in [0, 0.1) is 0 Å². The first-order chi connectivity index (χ1) is 9.54. The third-order valence-electron chi connectivity index (χ3n) is 2.87. The van der Waals surface area contributed by atoms with Gasteiger partial charge in [0.1, 0.15) is 10.8 Å². The van der Waals surface area contributed by atoms with Crippen LogP contribution < -0.4 is 5.73 Å². The third kappa shape index (κ3) is 2.52. The quantitative estimate of drug-likeness (QED) is 0.755. The maximum absolute atomic E-state index is 12.3. The number of nitrogens with zero attached hydrogens (tertiary/aromatic N) is 1. The van der Waals surface area contributed by atoms with Crippen LogP contribution in [-0.2, 0) is 15.6 Å². The van der Waals surface area contributed by atoms with Gasteiger partial charge in [0, 0.05) is 5.69 Å². The summed E-state index contributed by atoms with van der Waals surface area (Å²) < 4.78 is 25.7. The number of hydrogen-bond donors (Lipinski definition) is 1. The first-order valence-corrected chi connectivity index (χ1v) is 8.44. The highest BCUT2D eigenvalue weighted by Crippen LogP contribution is 2.25. The Morgan fingerprint density at radius 3 is 2.65 bits per heavy atom. The number of sulfone groups is 1. The molecule has 3 rings (SSSR count). The zero-order valence-electron chi connectivity index (χ0n) is 10.5. The summed E-state index contributed by atoms with van der Waals surface area (Å²) in [6.07, 6.45) is 0. The summed E-state index contributed by atoms with van der Waals surface area (Å²) in [5, 5.41) is 0.591. The van der Waals surface area contributed by atoms with Crippen LogP contribution in [0.4, 0.5) is 5.69 Å². The first-order valence-electron chi connectivity index (χ1n) is 5.97. The van der Waals surface area contributed by atoms with Crippen molar-refractivity contribution in [3.63, 3.8) is 0 Å². The lowest BCUT2D eigenvalue weighted by Crippen LogP contribution is -2.05. The fourth-order valence-corrected chi connectivity index (χ4v) is 4.56. The highest BCUT2D eigenvalue weighted by atomic mass is 32.2. The van der Waals surface area contributed by atoms with E-state index in [0.717, 1.165) is 10.2 Å². The molecular formula is C14H12N2O2S2. The van der Waals surface area contributed by atoms with E-state index < -0.39 is 9.84 Å². The van der Waals surface area contributed by atoms with Crippen molar-refractivity contribution < 1.29 is 8.42 Å². The van der Waals surface area contributed by atoms with Gasteiger partial charge >= 0.3 is 0 Å². The molecule has 0 fully saturated rings. The number of rotatable bonds is 3. The summed E-state index contributed by atoms with van der Waals surface area (Å²) in [4.78, 5) is 4.59. The van der Waals surface area contributed by atoms with Gasteiger partial charge in [-0.3, -0.25) is 0 Å². The highest BCUT2D eigenvalue weighted by Gasteiger charge is 2.18. The second kappa shape index (κ2) is 4.88. The van der Waals surface area contributed by atoms with Crippen molar-refractivity contribution in [3.05, 3.63) is 53.5 Å². The molecule has 0 amide bonds. The van der Waals surface area contributed by atoms with Crippen LogP contribution in [0.3, 0.4) is 0 Å². The van der Waals surface area contributed by atoms with Crippen molar-refractivity contribution in [2.24, 2.45) is 0 Å². The summed E-state index contributed by atoms with van der Waals surface area (Å²) in [7, 11) is -3.42. The number of para-hydroxylation sites is 1. The van der Waals surface area contributed by atoms with Crippen molar-refractivity contribution in [1.82, 2.24) is 4.98 Å². The van der Waals surface area contributed by atoms with E-state index in [2.05, 4.69) is 4.98 Å². The predicted octanol–water partition coefficient (Wildman–Crippen LogP) is 2.85. The van der Waals surface area contributed by atoms with E-state index in [1.165, 1.54) is 17.4 Å². The zero-order chi connectivity index (χ0) is 14.2. The van der Waals surface area contributed by atoms with Crippen LogP contribution >= 0.6 is 11.3 Å². The van der Waals surface area contributed by atoms with Crippen molar-refractivity contribution in [3.8, 4) is 0 Å². The third-order valence-corrected chi connectivity index (χ3v) is 5.71. The zero-order valence-corrected chi connectivity index (χ0v) is 12.1. The second-order valence-corrected chi connectivity index (χ2v) is 7.51. The molecule has 1 heterocycles. The van der Waals surface area contributed by atoms with Crippen LogP contribution in [-0.4, -0.2) is 13.4 Å². The maximum Gasteiger partial charge on any atom is 0.184 e. The van der Waals surface area contributed by atoms with E-state index in [1.807, 2.05) is 24.3 Å². The average Bonchev–Trinajstić information content (AvgIpc) is 2.80. The summed E-state index contributed by atoms with van der Waals surface area (Å²) in [6.45, 7) is 0. The van der Waals surface area contributed by atoms with Gasteiger partial charge in [-0.05, 0) is 30.3 Å². The standard InChI is InChI=1S/C14H12N2O2S2/c15-10-4-3-5-11(8-10)20(17,18)9-14-16-12-6-1-2-7-13(12)19-14/h1-8H,9,15H2. The van der Waals surface area contributed by atoms with Gasteiger partial charge in [-0.1, -0.05) is 18.2 Å². The van der Waals surface area contributed by atoms with E-state index in [-0.39, 0.29) is 10.6 Å². The molecule has 0 spiro atoms. The number of thiazole rings is 1. The largest absolute Gasteiger partial charge is 0.399 e. The number of anilines is 1. The number of nitrogens with two attached hydrogens (primary N) is 1. The number of benzene rings is 2. The Bertz CT molecular complexity index is 837. The second-order valence-electron chi connectivity index (χ2n) is 4.41. The summed E-state index contributed by atoms with van der Waals surface area (Å²) in [5.41, 5.74) is 6.90. The SMILES string of the molecule is Nc1cccc(S(=O)(=O)Cc2nc3ccccc3s2)c1. The number of aromatic nitrogens is 1. The smallest absolute Gasteiger partial charge is 0.184 e. The molecule has 2 aromatic carbocycles. The lowest BCUT2D eigenvalue weighted by molar-refractivity contribution is 0.595. The highest BCUT2D eigenvalue weighted by molar-refractivity contribution is 7.90. The van der Waals surface area contributed by atoms with Crippen molar-refractivity contribution in [2.75, 3.05) is 5.73 Å². The minimum Gasteiger partial charge on any atom is -0.399 e. The Hall–Kier alpha value is -1.92. The van der Waals surface area contributed by atoms with Crippen molar-refractivity contribution >= 4 is 37.1 Å². The van der Waals surface area contributed by atoms with Crippen molar-refractivity contribution in [1.29, 1.82) is 0 Å². The van der Waals surface area contributed by atoms with Crippen LogP contribution in [0.1, 0.15) is 5.01 Å². The Morgan fingerprint density at radius 2 is 1.90 bits per heavy atom. The van der Waals surface area contributed by atoms with Gasteiger partial charge in [-0.25, -0.2) is 13.4 Å². The molecule has 3 aromatic rings. The molecule has 20 heavy (non-hydrogen) atoms. The van der Waals surface area contributed by atoms with E-state index in [4.69, 9.17) is 5.73 Å². The molecule has 0 aliphatic rings. The summed E-state index contributed by atoms with van der Waals surface area (Å²) in [5.74, 6) is -0.101. The van der Waals surface area contributed by atoms with E-state index in [1.54, 1.807) is 18.2 Å². The molecule has 0 unspecified atom stereocenters. The first kappa shape index (κ1) is 13.1. The molecule has 2 N–H and O–H groups in total. The van der Waals surface area contributed by atoms with Crippen LogP contribution in [0.15, 0.2) is 53.4 Å². The molecule has 0 aliphatic heterocycles. The number of fused-ring (bicyclic) bond motifs is 1. The van der Waals surface area contributed by atoms with Gasteiger partial charge in [0.2, 0.25) is 0 Å². The molecular weight excluding hydrogens is 292 g/mol. The van der Waals surface area contributed by atoms with Gasteiger partial charge in [-0.2, -0.15) is 0 Å². The fourth-order valence-electron chi connectivity index (χ4n) is 1.94. The van der Waals surface area contributed by atoms with Crippen LogP contribution in [0.25, 0.3) is 10.2 Å². The molecule has 0 radical (unpaired) electrons. The normalized spacial score (nSPS) is 11.8. The lowest BCUT2D eigenvalue weighted by atomic mass is 10.3. The van der Waals surface area contributed by atoms with Crippen LogP contribution in [0.2, 0.25) is 0 Å². The Labute approximate surface area is 120 Å². The van der Waals surface area contributed by atoms with Gasteiger partial charge in [0.25, 0.3) is 0 Å². The minimum absolute atomic E-state index is 0.101. The van der Waals surface area contributed by atoms with Gasteiger partial charge in [0.05, 0.1) is 15.1 Å². The minimum atomic E-state index is -3.42. The summed E-state index contributed by atoms with van der Waals surface area (Å²) >= 11 is 1.40. The van der Waals surface area contributed by atoms with E-state index >= 15 is 0 Å². The maximum atomic E-state index is 12.3. The molecule has 6 heteroatoms. The molecule has 0 saturated heterocycles. The monoisotopic (exact) mass is 304 g/mol. The molecule has 0 saturated carbocycles. The summed E-state index contributed by atoms with van der Waals surface area (Å²) in [6, 6.07) is 13.9. The fraction of sp³-hybridized carbons (Fsp3) is 0.0714.